The molecule has 2 amide bonds. The Morgan fingerprint density at radius 1 is 1.23 bits per heavy atom. The van der Waals surface area contributed by atoms with Crippen LogP contribution < -0.4 is 5.32 Å². The van der Waals surface area contributed by atoms with Crippen LogP contribution >= 0.6 is 23.2 Å². The van der Waals surface area contributed by atoms with Gasteiger partial charge in [0.1, 0.15) is 0 Å². The second-order valence-electron chi connectivity index (χ2n) is 10.2. The van der Waals surface area contributed by atoms with Crippen LogP contribution in [-0.4, -0.2) is 59.3 Å². The van der Waals surface area contributed by atoms with E-state index in [1.165, 1.54) is 5.56 Å². The number of benzene rings is 2. The SMILES string of the molecule is N#Cc1cccc([C@]23CC[C@@H](N(CCN4CC[C@@H](O)C4)C(=O)Nc4ccc(Cl)c(Cl)c4)CC2C3)c1. The molecule has 35 heavy (non-hydrogen) atoms. The van der Waals surface area contributed by atoms with Gasteiger partial charge in [-0.3, -0.25) is 4.90 Å². The van der Waals surface area contributed by atoms with Crippen molar-refractivity contribution in [3.05, 3.63) is 63.6 Å². The number of halogens is 2. The number of nitriles is 1. The minimum absolute atomic E-state index is 0.132. The third kappa shape index (κ3) is 5.15. The number of hydrogen-bond donors (Lipinski definition) is 2. The number of β-amino-alcohol motifs (C(OH)–C–C–N with tert-alkyl or cyclic N) is 1. The van der Waals surface area contributed by atoms with Gasteiger partial charge >= 0.3 is 6.03 Å². The molecule has 1 unspecified atom stereocenters. The molecule has 1 aliphatic heterocycles. The monoisotopic (exact) mass is 512 g/mol. The number of amides is 2. The fourth-order valence-corrected chi connectivity index (χ4v) is 6.33. The Labute approximate surface area is 216 Å². The Morgan fingerprint density at radius 2 is 2.09 bits per heavy atom. The first kappa shape index (κ1) is 24.4. The van der Waals surface area contributed by atoms with Crippen LogP contribution in [0.2, 0.25) is 10.0 Å². The summed E-state index contributed by atoms with van der Waals surface area (Å²) in [6, 6.07) is 15.4. The van der Waals surface area contributed by atoms with E-state index < -0.39 is 0 Å². The van der Waals surface area contributed by atoms with Crippen molar-refractivity contribution in [3.8, 4) is 6.07 Å². The van der Waals surface area contributed by atoms with Gasteiger partial charge in [0, 0.05) is 37.9 Å². The maximum atomic E-state index is 13.5. The molecule has 3 aliphatic rings. The van der Waals surface area contributed by atoms with Crippen LogP contribution in [-0.2, 0) is 5.41 Å². The summed E-state index contributed by atoms with van der Waals surface area (Å²) in [6.45, 7) is 2.86. The Bertz CT molecular complexity index is 1150. The maximum absolute atomic E-state index is 13.5. The summed E-state index contributed by atoms with van der Waals surface area (Å²) in [7, 11) is 0. The Kier molecular flexibility index (Phi) is 6.96. The van der Waals surface area contributed by atoms with Crippen molar-refractivity contribution in [1.82, 2.24) is 9.80 Å². The standard InChI is InChI=1S/C27H30Cl2N4O2/c28-24-5-4-21(14-25(24)29)31-26(35)33(11-10-32-9-7-23(34)17-32)22-6-8-27(15-20(27)13-22)19-3-1-2-18(12-19)16-30/h1-5,12,14,20,22-23,34H,6-11,13,15,17H2,(H,31,35)/t20?,22-,23-,27-/m1/s1. The largest absolute Gasteiger partial charge is 0.392 e. The lowest BCUT2D eigenvalue weighted by Gasteiger charge is -2.37. The lowest BCUT2D eigenvalue weighted by molar-refractivity contribution is 0.142. The van der Waals surface area contributed by atoms with Gasteiger partial charge < -0.3 is 15.3 Å². The number of carbonyl (C=O) groups is 1. The number of carbonyl (C=O) groups excluding carboxylic acids is 1. The number of nitrogens with zero attached hydrogens (tertiary/aromatic N) is 3. The molecule has 0 spiro atoms. The van der Waals surface area contributed by atoms with Crippen molar-refractivity contribution in [3.63, 3.8) is 0 Å². The number of anilines is 1. The van der Waals surface area contributed by atoms with E-state index >= 15 is 0 Å². The zero-order valence-electron chi connectivity index (χ0n) is 19.6. The summed E-state index contributed by atoms with van der Waals surface area (Å²) in [5.41, 5.74) is 2.74. The van der Waals surface area contributed by atoms with E-state index in [4.69, 9.17) is 23.2 Å². The van der Waals surface area contributed by atoms with E-state index in [9.17, 15) is 15.2 Å². The molecule has 8 heteroatoms. The summed E-state index contributed by atoms with van der Waals surface area (Å²) >= 11 is 12.2. The van der Waals surface area contributed by atoms with Crippen molar-refractivity contribution >= 4 is 34.9 Å². The highest BCUT2D eigenvalue weighted by Gasteiger charge is 2.58. The van der Waals surface area contributed by atoms with E-state index in [0.29, 0.717) is 40.3 Å². The molecular weight excluding hydrogens is 483 g/mol. The van der Waals surface area contributed by atoms with Gasteiger partial charge in [-0.1, -0.05) is 35.3 Å². The molecule has 0 radical (unpaired) electrons. The average Bonchev–Trinajstić information content (AvgIpc) is 3.46. The quantitative estimate of drug-likeness (QED) is 0.551. The summed E-state index contributed by atoms with van der Waals surface area (Å²) in [5, 5.41) is 23.1. The second kappa shape index (κ2) is 9.99. The van der Waals surface area contributed by atoms with Gasteiger partial charge in [-0.05, 0) is 79.3 Å². The predicted octanol–water partition coefficient (Wildman–Crippen LogP) is 5.28. The first-order chi connectivity index (χ1) is 16.9. The van der Waals surface area contributed by atoms with Crippen LogP contribution in [0.4, 0.5) is 10.5 Å². The van der Waals surface area contributed by atoms with Gasteiger partial charge in [-0.15, -0.1) is 0 Å². The molecule has 2 N–H and O–H groups in total. The third-order valence-corrected chi connectivity index (χ3v) is 8.80. The van der Waals surface area contributed by atoms with Gasteiger partial charge in [0.15, 0.2) is 0 Å². The van der Waals surface area contributed by atoms with Gasteiger partial charge in [0.25, 0.3) is 0 Å². The van der Waals surface area contributed by atoms with Gasteiger partial charge in [-0.25, -0.2) is 4.79 Å². The number of aliphatic hydroxyl groups is 1. The molecule has 184 valence electrons. The zero-order valence-corrected chi connectivity index (χ0v) is 21.1. The number of urea groups is 1. The maximum Gasteiger partial charge on any atom is 0.322 e. The first-order valence-electron chi connectivity index (χ1n) is 12.3. The molecule has 2 aliphatic carbocycles. The molecule has 2 aromatic carbocycles. The van der Waals surface area contributed by atoms with Crippen LogP contribution in [0.3, 0.4) is 0 Å². The average molecular weight is 513 g/mol. The highest BCUT2D eigenvalue weighted by atomic mass is 35.5. The number of rotatable bonds is 6. The molecule has 6 nitrogen and oxygen atoms in total. The summed E-state index contributed by atoms with van der Waals surface area (Å²) in [5.74, 6) is 0.518. The van der Waals surface area contributed by atoms with Gasteiger partial charge in [-0.2, -0.15) is 5.26 Å². The Hall–Kier alpha value is -2.30. The van der Waals surface area contributed by atoms with E-state index in [1.807, 2.05) is 23.1 Å². The Morgan fingerprint density at radius 3 is 2.80 bits per heavy atom. The number of hydrogen-bond acceptors (Lipinski definition) is 4. The number of nitrogens with one attached hydrogen (secondary N) is 1. The molecule has 1 heterocycles. The smallest absolute Gasteiger partial charge is 0.322 e. The molecule has 3 fully saturated rings. The van der Waals surface area contributed by atoms with Crippen LogP contribution in [0.15, 0.2) is 42.5 Å². The molecular formula is C27H30Cl2N4O2. The van der Waals surface area contributed by atoms with Crippen LogP contribution in [0.5, 0.6) is 0 Å². The van der Waals surface area contributed by atoms with Crippen LogP contribution in [0.25, 0.3) is 0 Å². The molecule has 1 saturated heterocycles. The molecule has 2 aromatic rings. The topological polar surface area (TPSA) is 79.6 Å². The van der Waals surface area contributed by atoms with E-state index in [-0.39, 0.29) is 23.6 Å². The number of likely N-dealkylation sites (tertiary alicyclic amines) is 1. The highest BCUT2D eigenvalue weighted by molar-refractivity contribution is 6.42. The first-order valence-corrected chi connectivity index (χ1v) is 13.1. The molecule has 4 atom stereocenters. The van der Waals surface area contributed by atoms with E-state index in [1.54, 1.807) is 18.2 Å². The molecule has 2 saturated carbocycles. The van der Waals surface area contributed by atoms with Crippen molar-refractivity contribution < 1.29 is 9.90 Å². The number of aliphatic hydroxyl groups excluding tert-OH is 1. The number of fused-ring (bicyclic) bond motifs is 1. The van der Waals surface area contributed by atoms with Crippen molar-refractivity contribution in [2.75, 3.05) is 31.5 Å². The lowest BCUT2D eigenvalue weighted by Crippen LogP contribution is -2.48. The zero-order chi connectivity index (χ0) is 24.6. The van der Waals surface area contributed by atoms with E-state index in [0.717, 1.165) is 45.2 Å². The van der Waals surface area contributed by atoms with Crippen LogP contribution in [0, 0.1) is 17.2 Å². The normalized spacial score (nSPS) is 27.7. The van der Waals surface area contributed by atoms with Gasteiger partial charge in [0.05, 0.1) is 27.8 Å². The summed E-state index contributed by atoms with van der Waals surface area (Å²) in [6.07, 6.45) is 4.50. The van der Waals surface area contributed by atoms with E-state index in [2.05, 4.69) is 22.4 Å². The lowest BCUT2D eigenvalue weighted by atomic mass is 9.80. The predicted molar refractivity (Wildman–Crippen MR) is 138 cm³/mol. The second-order valence-corrected chi connectivity index (χ2v) is 11.0. The van der Waals surface area contributed by atoms with Crippen molar-refractivity contribution in [2.45, 2.75) is 49.7 Å². The van der Waals surface area contributed by atoms with Crippen LogP contribution in [0.1, 0.15) is 43.2 Å². The van der Waals surface area contributed by atoms with Gasteiger partial charge in [0.2, 0.25) is 0 Å². The third-order valence-electron chi connectivity index (χ3n) is 8.06. The molecule has 5 rings (SSSR count). The molecule has 0 bridgehead atoms. The Balaban J connectivity index is 1.29. The summed E-state index contributed by atoms with van der Waals surface area (Å²) < 4.78 is 0. The van der Waals surface area contributed by atoms with Crippen molar-refractivity contribution in [1.29, 1.82) is 5.26 Å². The fraction of sp³-hybridized carbons (Fsp3) is 0.481. The molecule has 0 aromatic heterocycles. The minimum atomic E-state index is -0.278. The summed E-state index contributed by atoms with van der Waals surface area (Å²) in [4.78, 5) is 17.7. The van der Waals surface area contributed by atoms with Crippen molar-refractivity contribution in [2.24, 2.45) is 5.92 Å². The minimum Gasteiger partial charge on any atom is -0.392 e. The highest BCUT2D eigenvalue weighted by Crippen LogP contribution is 2.62. The fourth-order valence-electron chi connectivity index (χ4n) is 6.03.